The van der Waals surface area contributed by atoms with Gasteiger partial charge in [-0.15, -0.1) is 0 Å². The number of hydrogen-bond acceptors (Lipinski definition) is 4. The Morgan fingerprint density at radius 1 is 1.50 bits per heavy atom. The van der Waals surface area contributed by atoms with Crippen LogP contribution < -0.4 is 5.32 Å². The minimum absolute atomic E-state index is 0.193. The second-order valence-electron chi connectivity index (χ2n) is 4.38. The van der Waals surface area contributed by atoms with Gasteiger partial charge in [-0.05, 0) is 32.7 Å². The summed E-state index contributed by atoms with van der Waals surface area (Å²) in [6, 6.07) is 0.361. The standard InChI is InChI=1S/C12H20N2O2/c1-9-12(10-5-2-3-7-13-10)14-11(16-9)6-4-8-15/h10,13,15H,2-8H2,1H3. The minimum atomic E-state index is 0.193. The Bertz CT molecular complexity index is 330. The van der Waals surface area contributed by atoms with E-state index in [2.05, 4.69) is 10.3 Å². The largest absolute Gasteiger partial charge is 0.446 e. The van der Waals surface area contributed by atoms with E-state index < -0.39 is 0 Å². The third-order valence-electron chi connectivity index (χ3n) is 3.07. The maximum atomic E-state index is 8.77. The zero-order chi connectivity index (χ0) is 11.4. The molecule has 1 saturated heterocycles. The SMILES string of the molecule is Cc1oc(CCCO)nc1C1CCCCN1. The molecule has 0 saturated carbocycles. The van der Waals surface area contributed by atoms with Crippen LogP contribution in [-0.4, -0.2) is 23.2 Å². The highest BCUT2D eigenvalue weighted by atomic mass is 16.4. The molecular weight excluding hydrogens is 204 g/mol. The van der Waals surface area contributed by atoms with E-state index in [1.165, 1.54) is 12.8 Å². The van der Waals surface area contributed by atoms with Gasteiger partial charge in [0.15, 0.2) is 5.89 Å². The molecule has 0 radical (unpaired) electrons. The number of oxazole rings is 1. The summed E-state index contributed by atoms with van der Waals surface area (Å²) in [7, 11) is 0. The molecule has 90 valence electrons. The fraction of sp³-hybridized carbons (Fsp3) is 0.750. The van der Waals surface area contributed by atoms with Gasteiger partial charge < -0.3 is 14.8 Å². The van der Waals surface area contributed by atoms with E-state index in [4.69, 9.17) is 9.52 Å². The second-order valence-corrected chi connectivity index (χ2v) is 4.38. The molecule has 1 atom stereocenters. The molecule has 0 spiro atoms. The van der Waals surface area contributed by atoms with E-state index in [0.29, 0.717) is 6.04 Å². The highest BCUT2D eigenvalue weighted by Gasteiger charge is 2.21. The van der Waals surface area contributed by atoms with Crippen LogP contribution in [0.25, 0.3) is 0 Å². The smallest absolute Gasteiger partial charge is 0.194 e. The van der Waals surface area contributed by atoms with Crippen molar-refractivity contribution in [1.29, 1.82) is 0 Å². The van der Waals surface area contributed by atoms with Crippen LogP contribution in [0.2, 0.25) is 0 Å². The molecule has 1 aromatic rings. The number of piperidine rings is 1. The first-order valence-corrected chi connectivity index (χ1v) is 6.11. The zero-order valence-electron chi connectivity index (χ0n) is 9.83. The number of nitrogens with zero attached hydrogens (tertiary/aromatic N) is 1. The van der Waals surface area contributed by atoms with Gasteiger partial charge in [0.05, 0.1) is 11.7 Å². The normalized spacial score (nSPS) is 21.2. The number of nitrogens with one attached hydrogen (secondary N) is 1. The fourth-order valence-electron chi connectivity index (χ4n) is 2.21. The molecule has 1 unspecified atom stereocenters. The number of rotatable bonds is 4. The van der Waals surface area contributed by atoms with E-state index in [1.807, 2.05) is 6.92 Å². The Balaban J connectivity index is 2.04. The first kappa shape index (κ1) is 11.6. The lowest BCUT2D eigenvalue weighted by Gasteiger charge is -2.21. The average Bonchev–Trinajstić information content (AvgIpc) is 2.69. The van der Waals surface area contributed by atoms with Crippen LogP contribution in [-0.2, 0) is 6.42 Å². The predicted molar refractivity (Wildman–Crippen MR) is 61.2 cm³/mol. The Hall–Kier alpha value is -0.870. The van der Waals surface area contributed by atoms with Crippen molar-refractivity contribution in [2.45, 2.75) is 45.1 Å². The van der Waals surface area contributed by atoms with Crippen LogP contribution in [0, 0.1) is 6.92 Å². The number of aliphatic hydroxyl groups is 1. The third kappa shape index (κ3) is 2.62. The molecule has 16 heavy (non-hydrogen) atoms. The maximum Gasteiger partial charge on any atom is 0.194 e. The maximum absolute atomic E-state index is 8.77. The molecule has 0 aliphatic carbocycles. The van der Waals surface area contributed by atoms with Crippen LogP contribution in [0.15, 0.2) is 4.42 Å². The summed E-state index contributed by atoms with van der Waals surface area (Å²) in [6.45, 7) is 3.24. The summed E-state index contributed by atoms with van der Waals surface area (Å²) in [5.74, 6) is 1.68. The van der Waals surface area contributed by atoms with Crippen molar-refractivity contribution in [1.82, 2.24) is 10.3 Å². The quantitative estimate of drug-likeness (QED) is 0.817. The second kappa shape index (κ2) is 5.46. The summed E-state index contributed by atoms with van der Waals surface area (Å²) in [4.78, 5) is 4.53. The van der Waals surface area contributed by atoms with Crippen LogP contribution in [0.3, 0.4) is 0 Å². The molecule has 1 aromatic heterocycles. The van der Waals surface area contributed by atoms with Crippen molar-refractivity contribution in [3.8, 4) is 0 Å². The van der Waals surface area contributed by atoms with E-state index in [0.717, 1.165) is 43.2 Å². The van der Waals surface area contributed by atoms with Gasteiger partial charge in [0, 0.05) is 13.0 Å². The Labute approximate surface area is 96.1 Å². The lowest BCUT2D eigenvalue weighted by atomic mass is 10.0. The van der Waals surface area contributed by atoms with Gasteiger partial charge >= 0.3 is 0 Å². The first-order chi connectivity index (χ1) is 7.81. The molecule has 1 aliphatic rings. The number of aryl methyl sites for hydroxylation is 2. The van der Waals surface area contributed by atoms with Gasteiger partial charge in [0.2, 0.25) is 0 Å². The lowest BCUT2D eigenvalue weighted by Crippen LogP contribution is -2.27. The summed E-state index contributed by atoms with van der Waals surface area (Å²) in [5, 5.41) is 12.2. The lowest BCUT2D eigenvalue weighted by molar-refractivity contribution is 0.282. The molecule has 0 amide bonds. The molecular formula is C12H20N2O2. The van der Waals surface area contributed by atoms with Gasteiger partial charge in [-0.25, -0.2) is 4.98 Å². The van der Waals surface area contributed by atoms with Gasteiger partial charge in [-0.3, -0.25) is 0 Å². The van der Waals surface area contributed by atoms with Crippen molar-refractivity contribution in [3.63, 3.8) is 0 Å². The average molecular weight is 224 g/mol. The Morgan fingerprint density at radius 2 is 2.38 bits per heavy atom. The fourth-order valence-corrected chi connectivity index (χ4v) is 2.21. The molecule has 4 heteroatoms. The predicted octanol–water partition coefficient (Wildman–Crippen LogP) is 1.72. The van der Waals surface area contributed by atoms with Gasteiger partial charge in [-0.2, -0.15) is 0 Å². The number of aromatic nitrogens is 1. The van der Waals surface area contributed by atoms with E-state index >= 15 is 0 Å². The Kier molecular flexibility index (Phi) is 3.96. The third-order valence-corrected chi connectivity index (χ3v) is 3.07. The topological polar surface area (TPSA) is 58.3 Å². The van der Waals surface area contributed by atoms with Gasteiger partial charge in [0.1, 0.15) is 5.76 Å². The van der Waals surface area contributed by atoms with E-state index in [1.54, 1.807) is 0 Å². The van der Waals surface area contributed by atoms with E-state index in [9.17, 15) is 0 Å². The van der Waals surface area contributed by atoms with Crippen molar-refractivity contribution >= 4 is 0 Å². The molecule has 2 heterocycles. The van der Waals surface area contributed by atoms with E-state index in [-0.39, 0.29) is 6.61 Å². The molecule has 4 nitrogen and oxygen atoms in total. The highest BCUT2D eigenvalue weighted by molar-refractivity contribution is 5.14. The molecule has 2 N–H and O–H groups in total. The summed E-state index contributed by atoms with van der Waals surface area (Å²) >= 11 is 0. The zero-order valence-corrected chi connectivity index (χ0v) is 9.83. The van der Waals surface area contributed by atoms with Crippen LogP contribution in [0.5, 0.6) is 0 Å². The molecule has 2 rings (SSSR count). The van der Waals surface area contributed by atoms with Crippen molar-refractivity contribution in [2.24, 2.45) is 0 Å². The molecule has 1 fully saturated rings. The van der Waals surface area contributed by atoms with Crippen molar-refractivity contribution in [3.05, 3.63) is 17.3 Å². The van der Waals surface area contributed by atoms with Crippen LogP contribution in [0.1, 0.15) is 49.1 Å². The molecule has 1 aliphatic heterocycles. The van der Waals surface area contributed by atoms with Gasteiger partial charge in [-0.1, -0.05) is 6.42 Å². The highest BCUT2D eigenvalue weighted by Crippen LogP contribution is 2.25. The van der Waals surface area contributed by atoms with Crippen LogP contribution >= 0.6 is 0 Å². The molecule has 0 bridgehead atoms. The number of hydrogen-bond donors (Lipinski definition) is 2. The Morgan fingerprint density at radius 3 is 3.06 bits per heavy atom. The molecule has 0 aromatic carbocycles. The van der Waals surface area contributed by atoms with Crippen LogP contribution in [0.4, 0.5) is 0 Å². The summed E-state index contributed by atoms with van der Waals surface area (Å²) in [5.41, 5.74) is 1.06. The summed E-state index contributed by atoms with van der Waals surface area (Å²) in [6.07, 6.45) is 5.11. The van der Waals surface area contributed by atoms with Crippen molar-refractivity contribution < 1.29 is 9.52 Å². The van der Waals surface area contributed by atoms with Gasteiger partial charge in [0.25, 0.3) is 0 Å². The minimum Gasteiger partial charge on any atom is -0.446 e. The first-order valence-electron chi connectivity index (χ1n) is 6.11. The van der Waals surface area contributed by atoms with Crippen molar-refractivity contribution in [2.75, 3.05) is 13.2 Å². The summed E-state index contributed by atoms with van der Waals surface area (Å²) < 4.78 is 5.61. The monoisotopic (exact) mass is 224 g/mol. The number of aliphatic hydroxyl groups excluding tert-OH is 1.